The maximum absolute atomic E-state index is 5.35. The second-order valence-corrected chi connectivity index (χ2v) is 3.80. The van der Waals surface area contributed by atoms with E-state index in [1.54, 1.807) is 0 Å². The summed E-state index contributed by atoms with van der Waals surface area (Å²) in [7, 11) is 0. The molecule has 1 aromatic carbocycles. The van der Waals surface area contributed by atoms with Crippen LogP contribution in [-0.2, 0) is 6.42 Å². The van der Waals surface area contributed by atoms with Crippen LogP contribution in [0.1, 0.15) is 12.5 Å². The number of nitrogens with two attached hydrogens (primary N) is 1. The van der Waals surface area contributed by atoms with Gasteiger partial charge in [-0.3, -0.25) is 5.43 Å². The Bertz CT molecular complexity index is 466. The van der Waals surface area contributed by atoms with Gasteiger partial charge in [0.05, 0.1) is 4.47 Å². The van der Waals surface area contributed by atoms with E-state index in [0.717, 1.165) is 22.0 Å². The van der Waals surface area contributed by atoms with E-state index >= 15 is 0 Å². The summed E-state index contributed by atoms with van der Waals surface area (Å²) >= 11 is 3.43. The van der Waals surface area contributed by atoms with Gasteiger partial charge in [0, 0.05) is 0 Å². The number of anilines is 1. The number of nitrogens with one attached hydrogen (secondary N) is 1. The molecule has 0 amide bonds. The van der Waals surface area contributed by atoms with Gasteiger partial charge in [0.25, 0.3) is 0 Å². The Hall–Kier alpha value is -1.07. The lowest BCUT2D eigenvalue weighted by Crippen LogP contribution is -2.06. The van der Waals surface area contributed by atoms with Crippen LogP contribution in [0.2, 0.25) is 0 Å². The highest BCUT2D eigenvalue weighted by Gasteiger charge is 2.08. The molecule has 0 atom stereocenters. The molecule has 74 valence electrons. The van der Waals surface area contributed by atoms with Crippen LogP contribution in [0.15, 0.2) is 21.0 Å². The average molecular weight is 256 g/mol. The Kier molecular flexibility index (Phi) is 2.43. The molecular weight excluding hydrogens is 246 g/mol. The summed E-state index contributed by atoms with van der Waals surface area (Å²) in [6.45, 7) is 2.09. The zero-order chi connectivity index (χ0) is 10.1. The van der Waals surface area contributed by atoms with Gasteiger partial charge in [0.15, 0.2) is 5.58 Å². The minimum atomic E-state index is 0.328. The maximum Gasteiger partial charge on any atom is 0.310 e. The Balaban J connectivity index is 2.67. The van der Waals surface area contributed by atoms with Crippen molar-refractivity contribution in [3.63, 3.8) is 0 Å². The molecule has 0 fully saturated rings. The highest BCUT2D eigenvalue weighted by molar-refractivity contribution is 9.10. The number of fused-ring (bicyclic) bond motifs is 1. The van der Waals surface area contributed by atoms with Crippen LogP contribution in [0, 0.1) is 0 Å². The number of hydrazine groups is 1. The Morgan fingerprint density at radius 1 is 1.57 bits per heavy atom. The number of aromatic nitrogens is 1. The third-order valence-corrected chi connectivity index (χ3v) is 2.63. The molecule has 0 saturated heterocycles. The van der Waals surface area contributed by atoms with Gasteiger partial charge in [0.1, 0.15) is 5.52 Å². The molecule has 4 nitrogen and oxygen atoms in total. The normalized spacial score (nSPS) is 10.8. The number of hydrogen-bond donors (Lipinski definition) is 2. The first-order valence-corrected chi connectivity index (χ1v) is 5.09. The lowest BCUT2D eigenvalue weighted by Gasteiger charge is -1.96. The van der Waals surface area contributed by atoms with Crippen molar-refractivity contribution in [3.8, 4) is 0 Å². The molecule has 0 saturated carbocycles. The van der Waals surface area contributed by atoms with Crippen molar-refractivity contribution in [2.45, 2.75) is 13.3 Å². The van der Waals surface area contributed by atoms with Crippen molar-refractivity contribution in [1.29, 1.82) is 0 Å². The van der Waals surface area contributed by atoms with E-state index in [4.69, 9.17) is 10.3 Å². The monoisotopic (exact) mass is 255 g/mol. The summed E-state index contributed by atoms with van der Waals surface area (Å²) in [5, 5.41) is 0. The third-order valence-electron chi connectivity index (χ3n) is 2.04. The molecule has 0 aliphatic heterocycles. The molecule has 1 aromatic heterocycles. The number of hydrogen-bond acceptors (Lipinski definition) is 4. The number of oxazole rings is 1. The Labute approximate surface area is 89.6 Å². The largest absolute Gasteiger partial charge is 0.421 e. The van der Waals surface area contributed by atoms with Gasteiger partial charge in [-0.1, -0.05) is 6.92 Å². The fourth-order valence-corrected chi connectivity index (χ4v) is 1.89. The minimum Gasteiger partial charge on any atom is -0.421 e. The molecule has 2 rings (SSSR count). The predicted molar refractivity (Wildman–Crippen MR) is 58.9 cm³/mol. The number of nitrogen functional groups attached to an aromatic ring is 1. The zero-order valence-electron chi connectivity index (χ0n) is 7.67. The van der Waals surface area contributed by atoms with E-state index in [0.29, 0.717) is 6.01 Å². The molecule has 2 aromatic rings. The topological polar surface area (TPSA) is 64.1 Å². The van der Waals surface area contributed by atoms with Crippen LogP contribution in [0.5, 0.6) is 0 Å². The van der Waals surface area contributed by atoms with Crippen molar-refractivity contribution in [3.05, 3.63) is 22.2 Å². The fraction of sp³-hybridized carbons (Fsp3) is 0.222. The Morgan fingerprint density at radius 2 is 2.36 bits per heavy atom. The van der Waals surface area contributed by atoms with E-state index in [9.17, 15) is 0 Å². The number of halogens is 1. The number of nitrogens with zero attached hydrogens (tertiary/aromatic N) is 1. The molecule has 5 heteroatoms. The van der Waals surface area contributed by atoms with Crippen LogP contribution in [-0.4, -0.2) is 4.98 Å². The van der Waals surface area contributed by atoms with E-state index in [2.05, 4.69) is 33.3 Å². The number of rotatable bonds is 2. The lowest BCUT2D eigenvalue weighted by atomic mass is 10.1. The molecule has 14 heavy (non-hydrogen) atoms. The summed E-state index contributed by atoms with van der Waals surface area (Å²) in [5.41, 5.74) is 5.12. The summed E-state index contributed by atoms with van der Waals surface area (Å²) in [4.78, 5) is 4.17. The number of aryl methyl sites for hydroxylation is 1. The van der Waals surface area contributed by atoms with Gasteiger partial charge in [-0.25, -0.2) is 5.84 Å². The average Bonchev–Trinajstić information content (AvgIpc) is 2.61. The highest BCUT2D eigenvalue weighted by atomic mass is 79.9. The van der Waals surface area contributed by atoms with Crippen molar-refractivity contribution in [2.75, 3.05) is 5.43 Å². The second kappa shape index (κ2) is 3.59. The summed E-state index contributed by atoms with van der Waals surface area (Å²) in [6, 6.07) is 4.34. The van der Waals surface area contributed by atoms with Crippen LogP contribution < -0.4 is 11.3 Å². The van der Waals surface area contributed by atoms with Crippen molar-refractivity contribution in [1.82, 2.24) is 4.98 Å². The molecule has 0 aliphatic rings. The second-order valence-electron chi connectivity index (χ2n) is 2.94. The lowest BCUT2D eigenvalue weighted by molar-refractivity contribution is 0.615. The number of benzene rings is 1. The summed E-state index contributed by atoms with van der Waals surface area (Å²) in [5.74, 6) is 5.21. The summed E-state index contributed by atoms with van der Waals surface area (Å²) < 4.78 is 6.26. The highest BCUT2D eigenvalue weighted by Crippen LogP contribution is 2.28. The molecule has 1 heterocycles. The van der Waals surface area contributed by atoms with E-state index in [-0.39, 0.29) is 0 Å². The first-order valence-electron chi connectivity index (χ1n) is 4.30. The molecule has 0 bridgehead atoms. The Morgan fingerprint density at radius 3 is 3.00 bits per heavy atom. The van der Waals surface area contributed by atoms with Gasteiger partial charge in [-0.05, 0) is 40.0 Å². The zero-order valence-corrected chi connectivity index (χ0v) is 9.26. The molecule has 0 aliphatic carbocycles. The van der Waals surface area contributed by atoms with Crippen LogP contribution >= 0.6 is 15.9 Å². The van der Waals surface area contributed by atoms with Gasteiger partial charge >= 0.3 is 6.01 Å². The van der Waals surface area contributed by atoms with Gasteiger partial charge in [-0.15, -0.1) is 0 Å². The first kappa shape index (κ1) is 9.48. The standard InChI is InChI=1S/C9H10BrN3O/c1-2-5-3-6(10)8-7(4-5)12-9(13-11)14-8/h3-4H,2,11H2,1H3,(H,12,13). The van der Waals surface area contributed by atoms with Gasteiger partial charge in [0.2, 0.25) is 0 Å². The third kappa shape index (κ3) is 1.49. The van der Waals surface area contributed by atoms with Crippen LogP contribution in [0.4, 0.5) is 6.01 Å². The van der Waals surface area contributed by atoms with Crippen molar-refractivity contribution >= 4 is 33.0 Å². The molecule has 3 N–H and O–H groups in total. The smallest absolute Gasteiger partial charge is 0.310 e. The van der Waals surface area contributed by atoms with Crippen LogP contribution in [0.3, 0.4) is 0 Å². The SMILES string of the molecule is CCc1cc(Br)c2oc(NN)nc2c1. The van der Waals surface area contributed by atoms with Gasteiger partial charge in [-0.2, -0.15) is 4.98 Å². The predicted octanol–water partition coefficient (Wildman–Crippen LogP) is 2.44. The molecular formula is C9H10BrN3O. The molecule has 0 spiro atoms. The first-order chi connectivity index (χ1) is 6.74. The molecule has 0 radical (unpaired) electrons. The van der Waals surface area contributed by atoms with Crippen molar-refractivity contribution < 1.29 is 4.42 Å². The van der Waals surface area contributed by atoms with Crippen LogP contribution in [0.25, 0.3) is 11.1 Å². The van der Waals surface area contributed by atoms with E-state index in [1.165, 1.54) is 5.56 Å². The van der Waals surface area contributed by atoms with Gasteiger partial charge < -0.3 is 4.42 Å². The molecule has 0 unspecified atom stereocenters. The fourth-order valence-electron chi connectivity index (χ4n) is 1.31. The van der Waals surface area contributed by atoms with Crippen molar-refractivity contribution in [2.24, 2.45) is 5.84 Å². The quantitative estimate of drug-likeness (QED) is 0.639. The summed E-state index contributed by atoms with van der Waals surface area (Å²) in [6.07, 6.45) is 0.965. The van der Waals surface area contributed by atoms with E-state index in [1.807, 2.05) is 12.1 Å². The minimum absolute atomic E-state index is 0.328. The van der Waals surface area contributed by atoms with E-state index < -0.39 is 0 Å². The maximum atomic E-state index is 5.35.